The monoisotopic (exact) mass is 2020 g/mol. The standard InChI is InChI=1S/C34H42N2O8S.C24H32N2O6S.C23H30N2O6S.C17H16O5S.CH2BN2P2/c1-25-8-14-28(15-9-25)45(40,41)23-16-32(37)26-10-12-27(13-11-26)33(38)35-17-19-42-21-22-43-20-18-36-34(39)44-24-31-29-6-4-2-3-5-7-30(29)31;1-19-3-9-22(10-4-19)33(29,30)18-11-23(27)20-5-7-21(8-6-20)24(28)26-13-15-32-17-16-31-14-12-25-2;1-18-2-8-21(9-3-18)32(28,29)17-10-22(26)19-4-6-20(7-5-19)23(27)25-12-14-31-16-15-30-13-11-24;1-12-2-8-15(9-3-12)23(21,22)11-10-16(18)13-4-6-14(7-5-13)17(19)20;3-1-2-6-4-5/h8-15,29-31H,4-7,16-24H2,1H3,(H,35,38)(H,36,39);3-10,25H,11-18H2,1-2H3,(H,26,28);2-9H,10-17,24H2,1H3,(H,25,27);2-9H,10-11H2,1H3,(H,19,20);5H2/t29-,30+,31?;;;;. The number of fused-ring (bicyclic) bond motifs is 1. The van der Waals surface area contributed by atoms with Gasteiger partial charge in [-0.25, -0.2) is 48.5 Å². The molecule has 1 saturated carbocycles. The number of Topliss-reactive ketones (excluding diaryl/α,β-unsaturated/α-hetero) is 4. The molecule has 0 heterocycles. The van der Waals surface area contributed by atoms with Crippen LogP contribution in [-0.4, -0.2) is 254 Å². The van der Waals surface area contributed by atoms with E-state index in [0.717, 1.165) is 54.5 Å². The third-order valence-corrected chi connectivity index (χ3v) is 28.9. The molecule has 1 radical (unpaired) electrons. The van der Waals surface area contributed by atoms with E-state index in [9.17, 15) is 76.8 Å². The molecule has 2 aliphatic carbocycles. The highest BCUT2D eigenvalue weighted by Gasteiger charge is 2.49. The van der Waals surface area contributed by atoms with Gasteiger partial charge in [-0.3, -0.25) is 38.1 Å². The van der Waals surface area contributed by atoms with Gasteiger partial charge in [-0.05, 0) is 180 Å². The molecule has 4 atom stereocenters. The third-order valence-electron chi connectivity index (χ3n) is 21.2. The van der Waals surface area contributed by atoms with Crippen molar-refractivity contribution in [1.29, 1.82) is 5.26 Å². The van der Waals surface area contributed by atoms with E-state index in [4.69, 9.17) is 49.3 Å². The number of ketones is 4. The molecule has 0 spiro atoms. The number of benzene rings is 8. The number of likely N-dealkylation sites (N-methyl/N-ethyl adjacent to an activating group) is 1. The average molecular weight is 2030 g/mol. The SMILES string of the molecule is CNCCOCCOCCNC(=O)c1ccc(C(=O)CCS(=O)(=O)c2ccc(C)cc2)cc1.Cc1ccc(S(=O)(=O)CCC(=O)c2ccc(C(=O)NCCOCCOCCN)cc2)cc1.Cc1ccc(S(=O)(=O)CCC(=O)c2ccc(C(=O)NCCOCCOCCNC(=O)OCC3[C@H]4CCC#CCC[C@@H]34)cc2)cc1.Cc1ccc(S(=O)(=O)CCC(=O)c2ccc(C(=O)O)cc2)cc1.N#C[B]P=NP. The summed E-state index contributed by atoms with van der Waals surface area (Å²) in [7, 11) is -9.42. The van der Waals surface area contributed by atoms with E-state index in [1.165, 1.54) is 91.9 Å². The van der Waals surface area contributed by atoms with Crippen molar-refractivity contribution in [2.45, 2.75) is 98.6 Å². The molecule has 8 aromatic carbocycles. The molecule has 0 aromatic heterocycles. The summed E-state index contributed by atoms with van der Waals surface area (Å²) in [6.07, 6.45) is 3.09. The average Bonchev–Trinajstić information content (AvgIpc) is 1.62. The van der Waals surface area contributed by atoms with Gasteiger partial charge in [-0.1, -0.05) is 119 Å². The van der Waals surface area contributed by atoms with Crippen molar-refractivity contribution in [3.8, 4) is 17.8 Å². The number of carboxylic acids is 1. The number of nitrogens with one attached hydrogen (secondary N) is 5. The minimum atomic E-state index is -3.56. The number of ether oxygens (including phenoxy) is 7. The molecule has 2 unspecified atom stereocenters. The van der Waals surface area contributed by atoms with Crippen LogP contribution in [0.5, 0.6) is 0 Å². The van der Waals surface area contributed by atoms with Crippen molar-refractivity contribution >= 4 is 117 Å². The molecule has 0 saturated heterocycles. The lowest BCUT2D eigenvalue weighted by atomic mass is 10.1. The maximum Gasteiger partial charge on any atom is 0.407 e. The fourth-order valence-electron chi connectivity index (χ4n) is 13.2. The van der Waals surface area contributed by atoms with E-state index in [-0.39, 0.29) is 115 Å². The zero-order chi connectivity index (χ0) is 101. The summed E-state index contributed by atoms with van der Waals surface area (Å²) in [6.45, 7) is 16.9. The molecule has 40 heteroatoms. The number of carboxylic acid groups (broad SMARTS) is 1. The molecule has 33 nitrogen and oxygen atoms in total. The van der Waals surface area contributed by atoms with E-state index < -0.39 is 51.4 Å². The third kappa shape index (κ3) is 44.8. The van der Waals surface area contributed by atoms with Crippen molar-refractivity contribution in [3.05, 3.63) is 261 Å². The number of carbonyl (C=O) groups is 9. The van der Waals surface area contributed by atoms with E-state index in [1.54, 1.807) is 109 Å². The Morgan fingerprint density at radius 2 is 0.662 bits per heavy atom. The lowest BCUT2D eigenvalue weighted by Crippen LogP contribution is -2.29. The fourth-order valence-corrected chi connectivity index (χ4v) is 18.5. The largest absolute Gasteiger partial charge is 0.478 e. The molecule has 8 N–H and O–H groups in total. The number of hydrogen-bond donors (Lipinski definition) is 7. The molecule has 4 amide bonds. The fraction of sp³-hybridized carbons (Fsp3) is 0.394. The van der Waals surface area contributed by atoms with E-state index in [2.05, 4.69) is 52.3 Å². The van der Waals surface area contributed by atoms with Crippen LogP contribution in [0.4, 0.5) is 4.79 Å². The first-order valence-electron chi connectivity index (χ1n) is 44.9. The molecule has 10 rings (SSSR count). The minimum Gasteiger partial charge on any atom is -0.478 e. The number of aromatic carboxylic acids is 1. The lowest BCUT2D eigenvalue weighted by Gasteiger charge is -2.09. The van der Waals surface area contributed by atoms with Crippen LogP contribution in [0.2, 0.25) is 0 Å². The topological polar surface area (TPSA) is 497 Å². The molecule has 745 valence electrons. The molecule has 2 aliphatic rings. The van der Waals surface area contributed by atoms with Crippen molar-refractivity contribution in [2.75, 3.05) is 155 Å². The predicted molar refractivity (Wildman–Crippen MR) is 533 cm³/mol. The number of nitrogens with two attached hydrogens (primary N) is 1. The highest BCUT2D eigenvalue weighted by Crippen LogP contribution is 2.52. The van der Waals surface area contributed by atoms with Crippen LogP contribution in [0.25, 0.3) is 0 Å². The second kappa shape index (κ2) is 63.4. The second-order valence-electron chi connectivity index (χ2n) is 31.6. The summed E-state index contributed by atoms with van der Waals surface area (Å²) in [5, 5.41) is 30.5. The van der Waals surface area contributed by atoms with E-state index in [0.29, 0.717) is 184 Å². The Kier molecular flexibility index (Phi) is 53.1. The van der Waals surface area contributed by atoms with Crippen LogP contribution in [0.1, 0.15) is 156 Å². The first-order valence-corrected chi connectivity index (χ1v) is 52.9. The van der Waals surface area contributed by atoms with Gasteiger partial charge in [0.05, 0.1) is 134 Å². The number of alkyl carbamates (subject to hydrolysis) is 1. The molecule has 8 aromatic rings. The first-order chi connectivity index (χ1) is 66.6. The van der Waals surface area contributed by atoms with E-state index in [1.807, 2.05) is 40.7 Å². The Morgan fingerprint density at radius 3 is 0.914 bits per heavy atom. The number of aryl methyl sites for hydroxylation is 4. The summed E-state index contributed by atoms with van der Waals surface area (Å²) in [6, 6.07) is 49.9. The molecule has 0 bridgehead atoms. The number of hydrogen-bond acceptors (Lipinski definition) is 28. The second-order valence-corrected chi connectivity index (χ2v) is 41.5. The number of carbonyl (C=O) groups excluding carboxylic acids is 8. The molecule has 139 heavy (non-hydrogen) atoms. The van der Waals surface area contributed by atoms with E-state index >= 15 is 0 Å². The first kappa shape index (κ1) is 116. The van der Waals surface area contributed by atoms with Gasteiger partial charge in [-0.2, -0.15) is 0 Å². The van der Waals surface area contributed by atoms with Crippen molar-refractivity contribution < 1.29 is 115 Å². The molecule has 0 aliphatic heterocycles. The van der Waals surface area contributed by atoms with Crippen LogP contribution < -0.4 is 32.3 Å². The van der Waals surface area contributed by atoms with Crippen LogP contribution in [0, 0.1) is 68.5 Å². The van der Waals surface area contributed by atoms with Gasteiger partial charge in [0, 0.05) is 123 Å². The highest BCUT2D eigenvalue weighted by molar-refractivity contribution is 7.92. The summed E-state index contributed by atoms with van der Waals surface area (Å²) >= 11 is 0. The Hall–Kier alpha value is -11.3. The van der Waals surface area contributed by atoms with Gasteiger partial charge in [-0.15, -0.1) is 11.8 Å². The number of nitrogens with zero attached hydrogens (tertiary/aromatic N) is 2. The van der Waals surface area contributed by atoms with Crippen molar-refractivity contribution in [3.63, 3.8) is 0 Å². The highest BCUT2D eigenvalue weighted by atomic mass is 32.2. The Bertz CT molecular complexity index is 5860. The maximum absolute atomic E-state index is 12.5. The normalized spacial score (nSPS) is 13.6. The van der Waals surface area contributed by atoms with Crippen LogP contribution >= 0.6 is 17.6 Å². The quantitative estimate of drug-likeness (QED) is 0.00612. The van der Waals surface area contributed by atoms with Crippen LogP contribution in [0.15, 0.2) is 218 Å². The zero-order valence-corrected chi connectivity index (χ0v) is 83.9. The number of sulfone groups is 4. The van der Waals surface area contributed by atoms with Gasteiger partial charge in [0.1, 0.15) is 0 Å². The van der Waals surface area contributed by atoms with Gasteiger partial charge >= 0.3 is 19.1 Å². The molecule has 1 fully saturated rings. The van der Waals surface area contributed by atoms with Gasteiger partial charge in [0.2, 0.25) is 0 Å². The van der Waals surface area contributed by atoms with Crippen LogP contribution in [0.3, 0.4) is 0 Å². The van der Waals surface area contributed by atoms with Crippen molar-refractivity contribution in [1.82, 2.24) is 26.6 Å². The zero-order valence-electron chi connectivity index (χ0n) is 78.6. The Balaban J connectivity index is 0.000000285. The van der Waals surface area contributed by atoms with Gasteiger partial charge < -0.3 is 70.6 Å². The smallest absolute Gasteiger partial charge is 0.407 e. The van der Waals surface area contributed by atoms with Gasteiger partial charge in [0.15, 0.2) is 62.5 Å². The van der Waals surface area contributed by atoms with Gasteiger partial charge in [0.25, 0.3) is 17.7 Å². The molecular weight excluding hydrogens is 1900 g/mol. The molecular formula is C99H122BN8O25P2S4. The summed E-state index contributed by atoms with van der Waals surface area (Å²) in [4.78, 5) is 110. The van der Waals surface area contributed by atoms with Crippen molar-refractivity contribution in [2.24, 2.45) is 28.0 Å². The maximum atomic E-state index is 12.5. The summed E-state index contributed by atoms with van der Waals surface area (Å²) < 4.78 is 140. The number of amides is 4. The number of rotatable bonds is 53. The number of nitriles is 1. The summed E-state index contributed by atoms with van der Waals surface area (Å²) in [5.74, 6) is 5.66. The summed E-state index contributed by atoms with van der Waals surface area (Å²) in [5.41, 5.74) is 11.8. The Labute approximate surface area is 819 Å². The minimum absolute atomic E-state index is 0.0776. The lowest BCUT2D eigenvalue weighted by molar-refractivity contribution is 0.0486. The van der Waals surface area contributed by atoms with Crippen LogP contribution in [-0.2, 0) is 72.5 Å². The predicted octanol–water partition coefficient (Wildman–Crippen LogP) is 11.5. The Morgan fingerprint density at radius 1 is 0.403 bits per heavy atom.